The van der Waals surface area contributed by atoms with Crippen LogP contribution in [0.4, 0.5) is 10.3 Å². The molecule has 0 atom stereocenters. The van der Waals surface area contributed by atoms with Gasteiger partial charge in [-0.2, -0.15) is 10.1 Å². The van der Waals surface area contributed by atoms with E-state index in [-0.39, 0.29) is 16.9 Å². The summed E-state index contributed by atoms with van der Waals surface area (Å²) in [5.41, 5.74) is 1.49. The second kappa shape index (κ2) is 5.74. The van der Waals surface area contributed by atoms with E-state index in [2.05, 4.69) is 20.4 Å². The van der Waals surface area contributed by atoms with Crippen molar-refractivity contribution in [1.82, 2.24) is 19.7 Å². The van der Waals surface area contributed by atoms with Crippen molar-refractivity contribution < 1.29 is 4.39 Å². The zero-order valence-corrected chi connectivity index (χ0v) is 14.1. The van der Waals surface area contributed by atoms with Crippen LogP contribution in [0.1, 0.15) is 31.9 Å². The number of halogens is 1. The summed E-state index contributed by atoms with van der Waals surface area (Å²) < 4.78 is 15.0. The first-order valence-electron chi connectivity index (χ1n) is 7.73. The van der Waals surface area contributed by atoms with E-state index in [1.165, 1.54) is 12.3 Å². The fraction of sp³-hybridized carbons (Fsp3) is 0.353. The second-order valence-corrected chi connectivity index (χ2v) is 6.82. The van der Waals surface area contributed by atoms with E-state index in [1.54, 1.807) is 23.7 Å². The maximum atomic E-state index is 13.3. The molecule has 0 fully saturated rings. The summed E-state index contributed by atoms with van der Waals surface area (Å²) in [5.74, 6) is 0.126. The van der Waals surface area contributed by atoms with Gasteiger partial charge in [0, 0.05) is 6.54 Å². The van der Waals surface area contributed by atoms with Gasteiger partial charge in [-0.3, -0.25) is 9.78 Å². The number of rotatable bonds is 3. The van der Waals surface area contributed by atoms with Gasteiger partial charge in [-0.15, -0.1) is 0 Å². The lowest BCUT2D eigenvalue weighted by atomic mass is 10.1. The highest BCUT2D eigenvalue weighted by atomic mass is 19.1. The molecule has 3 rings (SSSR count). The van der Waals surface area contributed by atoms with Crippen LogP contribution in [-0.4, -0.2) is 19.7 Å². The fourth-order valence-electron chi connectivity index (χ4n) is 2.50. The summed E-state index contributed by atoms with van der Waals surface area (Å²) >= 11 is 0. The van der Waals surface area contributed by atoms with Gasteiger partial charge < -0.3 is 5.32 Å². The normalized spacial score (nSPS) is 11.9. The lowest BCUT2D eigenvalue weighted by molar-refractivity contribution is 0.366. The van der Waals surface area contributed by atoms with Crippen LogP contribution in [0, 0.1) is 12.7 Å². The summed E-state index contributed by atoms with van der Waals surface area (Å²) in [6, 6.07) is 4.89. The summed E-state index contributed by atoms with van der Waals surface area (Å²) in [6.07, 6.45) is 1.53. The average Bonchev–Trinajstić information content (AvgIpc) is 2.93. The Balaban J connectivity index is 1.92. The van der Waals surface area contributed by atoms with Gasteiger partial charge in [-0.1, -0.05) is 12.1 Å². The van der Waals surface area contributed by atoms with Crippen LogP contribution >= 0.6 is 0 Å². The Morgan fingerprint density at radius 1 is 1.33 bits per heavy atom. The van der Waals surface area contributed by atoms with Gasteiger partial charge in [-0.05, 0) is 44.9 Å². The van der Waals surface area contributed by atoms with Crippen molar-refractivity contribution in [3.8, 4) is 0 Å². The highest BCUT2D eigenvalue weighted by molar-refractivity contribution is 5.74. The third kappa shape index (κ3) is 3.02. The molecule has 0 spiro atoms. The standard InChI is InChI=1S/C17H20FN5O/c1-10-7-11(5-6-13(10)18)8-19-16-21-14-12(15(24)22-16)9-20-23(14)17(2,3)4/h5-7,9H,8H2,1-4H3,(H2,19,21,22,24). The highest BCUT2D eigenvalue weighted by Gasteiger charge is 2.19. The second-order valence-electron chi connectivity index (χ2n) is 6.82. The number of aryl methyl sites for hydroxylation is 1. The topological polar surface area (TPSA) is 75.6 Å². The zero-order chi connectivity index (χ0) is 17.5. The minimum absolute atomic E-state index is 0.235. The number of fused-ring (bicyclic) bond motifs is 1. The molecule has 24 heavy (non-hydrogen) atoms. The number of aromatic nitrogens is 4. The summed E-state index contributed by atoms with van der Waals surface area (Å²) in [4.78, 5) is 19.4. The molecule has 2 aromatic heterocycles. The molecule has 0 aliphatic rings. The first-order valence-corrected chi connectivity index (χ1v) is 7.73. The van der Waals surface area contributed by atoms with Crippen LogP contribution in [0.3, 0.4) is 0 Å². The van der Waals surface area contributed by atoms with E-state index in [0.717, 1.165) is 5.56 Å². The number of benzene rings is 1. The van der Waals surface area contributed by atoms with Gasteiger partial charge in [0.25, 0.3) is 5.56 Å². The van der Waals surface area contributed by atoms with Crippen molar-refractivity contribution in [3.63, 3.8) is 0 Å². The number of hydrogen-bond donors (Lipinski definition) is 2. The minimum atomic E-state index is -0.284. The molecule has 0 unspecified atom stereocenters. The van der Waals surface area contributed by atoms with Crippen LogP contribution in [0.2, 0.25) is 0 Å². The van der Waals surface area contributed by atoms with Crippen molar-refractivity contribution in [3.05, 3.63) is 51.7 Å². The van der Waals surface area contributed by atoms with Crippen molar-refractivity contribution in [2.24, 2.45) is 0 Å². The third-order valence-corrected chi connectivity index (χ3v) is 3.76. The zero-order valence-electron chi connectivity index (χ0n) is 14.1. The Morgan fingerprint density at radius 3 is 2.75 bits per heavy atom. The summed E-state index contributed by atoms with van der Waals surface area (Å²) in [5, 5.41) is 7.80. The lowest BCUT2D eigenvalue weighted by Gasteiger charge is -2.19. The number of H-pyrrole nitrogens is 1. The molecule has 3 aromatic rings. The molecule has 2 N–H and O–H groups in total. The Labute approximate surface area is 138 Å². The quantitative estimate of drug-likeness (QED) is 0.775. The van der Waals surface area contributed by atoms with Gasteiger partial charge in [0.05, 0.1) is 11.7 Å². The van der Waals surface area contributed by atoms with Gasteiger partial charge in [0.15, 0.2) is 5.65 Å². The molecule has 0 saturated heterocycles. The Hall–Kier alpha value is -2.70. The molecule has 1 aromatic carbocycles. The van der Waals surface area contributed by atoms with Crippen molar-refractivity contribution >= 4 is 17.0 Å². The maximum absolute atomic E-state index is 13.3. The van der Waals surface area contributed by atoms with Crippen molar-refractivity contribution in [1.29, 1.82) is 0 Å². The van der Waals surface area contributed by atoms with Gasteiger partial charge >= 0.3 is 0 Å². The SMILES string of the molecule is Cc1cc(CNc2nc3c(cnn3C(C)(C)C)c(=O)[nH]2)ccc1F. The van der Waals surface area contributed by atoms with E-state index in [1.807, 2.05) is 20.8 Å². The number of anilines is 1. The molecule has 0 bridgehead atoms. The number of aromatic amines is 1. The molecule has 0 amide bonds. The number of hydrogen-bond acceptors (Lipinski definition) is 4. The molecular formula is C17H20FN5O. The van der Waals surface area contributed by atoms with Crippen LogP contribution in [0.15, 0.2) is 29.2 Å². The van der Waals surface area contributed by atoms with Crippen molar-refractivity contribution in [2.45, 2.75) is 39.8 Å². The molecule has 6 nitrogen and oxygen atoms in total. The number of nitrogens with zero attached hydrogens (tertiary/aromatic N) is 3. The molecule has 0 aliphatic heterocycles. The first kappa shape index (κ1) is 16.2. The van der Waals surface area contributed by atoms with Crippen LogP contribution < -0.4 is 10.9 Å². The molecule has 7 heteroatoms. The van der Waals surface area contributed by atoms with Gasteiger partial charge in [0.1, 0.15) is 11.2 Å². The Morgan fingerprint density at radius 2 is 2.08 bits per heavy atom. The summed E-state index contributed by atoms with van der Waals surface area (Å²) in [7, 11) is 0. The molecule has 0 radical (unpaired) electrons. The summed E-state index contributed by atoms with van der Waals surface area (Å²) in [6.45, 7) is 8.14. The predicted octanol–water partition coefficient (Wildman–Crippen LogP) is 2.93. The lowest BCUT2D eigenvalue weighted by Crippen LogP contribution is -2.24. The van der Waals surface area contributed by atoms with Crippen LogP contribution in [0.5, 0.6) is 0 Å². The van der Waals surface area contributed by atoms with Crippen LogP contribution in [0.25, 0.3) is 11.0 Å². The smallest absolute Gasteiger partial charge is 0.263 e. The molecule has 0 saturated carbocycles. The van der Waals surface area contributed by atoms with E-state index in [4.69, 9.17) is 0 Å². The predicted molar refractivity (Wildman–Crippen MR) is 91.6 cm³/mol. The Kier molecular flexibility index (Phi) is 3.87. The highest BCUT2D eigenvalue weighted by Crippen LogP contribution is 2.19. The maximum Gasteiger partial charge on any atom is 0.263 e. The van der Waals surface area contributed by atoms with E-state index >= 15 is 0 Å². The molecule has 126 valence electrons. The number of nitrogens with one attached hydrogen (secondary N) is 2. The molecule has 2 heterocycles. The molecule has 0 aliphatic carbocycles. The first-order chi connectivity index (χ1) is 11.3. The van der Waals surface area contributed by atoms with Gasteiger partial charge in [-0.25, -0.2) is 9.07 Å². The van der Waals surface area contributed by atoms with Crippen LogP contribution in [-0.2, 0) is 12.1 Å². The Bertz CT molecular complexity index is 952. The van der Waals surface area contributed by atoms with Crippen molar-refractivity contribution in [2.75, 3.05) is 5.32 Å². The average molecular weight is 329 g/mol. The van der Waals surface area contributed by atoms with E-state index < -0.39 is 0 Å². The van der Waals surface area contributed by atoms with Gasteiger partial charge in [0.2, 0.25) is 5.95 Å². The van der Waals surface area contributed by atoms with E-state index in [9.17, 15) is 9.18 Å². The largest absolute Gasteiger partial charge is 0.352 e. The molecular weight excluding hydrogens is 309 g/mol. The fourth-order valence-corrected chi connectivity index (χ4v) is 2.50. The minimum Gasteiger partial charge on any atom is -0.352 e. The monoisotopic (exact) mass is 329 g/mol. The third-order valence-electron chi connectivity index (χ3n) is 3.76. The van der Waals surface area contributed by atoms with E-state index in [0.29, 0.717) is 29.1 Å².